The van der Waals surface area contributed by atoms with Gasteiger partial charge in [-0.3, -0.25) is 9.11 Å². The van der Waals surface area contributed by atoms with Gasteiger partial charge in [0.1, 0.15) is 0 Å². The van der Waals surface area contributed by atoms with Crippen LogP contribution in [0.2, 0.25) is 0 Å². The van der Waals surface area contributed by atoms with Crippen LogP contribution in [0.15, 0.2) is 0 Å². The van der Waals surface area contributed by atoms with E-state index in [1.165, 1.54) is 0 Å². The summed E-state index contributed by atoms with van der Waals surface area (Å²) in [4.78, 5) is 0. The summed E-state index contributed by atoms with van der Waals surface area (Å²) in [5, 5.41) is 0. The first-order valence-electron chi connectivity index (χ1n) is 1.68. The fraction of sp³-hybridized carbons (Fsp3) is 1.00. The van der Waals surface area contributed by atoms with Gasteiger partial charge in [0.05, 0.1) is 12.5 Å². The summed E-state index contributed by atoms with van der Waals surface area (Å²) in [7, 11) is -4.67. The molecule has 0 spiro atoms. The number of rotatable bonds is 0. The van der Waals surface area contributed by atoms with E-state index in [0.29, 0.717) is 0 Å². The quantitative estimate of drug-likeness (QED) is 0.287. The molecule has 0 fully saturated rings. The molecule has 5 nitrogen and oxygen atoms in total. The Hall–Kier alpha value is 1.18. The van der Waals surface area contributed by atoms with Crippen LogP contribution in [-0.4, -0.2) is 64.1 Å². The van der Waals surface area contributed by atoms with Crippen molar-refractivity contribution in [2.75, 3.05) is 12.5 Å². The van der Waals surface area contributed by atoms with Crippen LogP contribution in [0, 0.1) is 0 Å². The minimum atomic E-state index is -4.67. The molecular formula is C2H9NaO5S2. The normalized spacial score (nSPS) is 9.40. The van der Waals surface area contributed by atoms with Crippen molar-refractivity contribution in [3.05, 3.63) is 0 Å². The van der Waals surface area contributed by atoms with E-state index < -0.39 is 21.6 Å². The van der Waals surface area contributed by atoms with Gasteiger partial charge in [-0.15, -0.1) is 0 Å². The van der Waals surface area contributed by atoms with Gasteiger partial charge in [0, 0.05) is 0 Å². The average Bonchev–Trinajstić information content (AvgIpc) is 1.19. The first kappa shape index (κ1) is 17.3. The van der Waals surface area contributed by atoms with Gasteiger partial charge < -0.3 is 4.55 Å². The van der Waals surface area contributed by atoms with E-state index in [4.69, 9.17) is 17.5 Å². The molecule has 0 aliphatic carbocycles. The summed E-state index contributed by atoms with van der Waals surface area (Å²) in [5.41, 5.74) is 0. The van der Waals surface area contributed by atoms with Gasteiger partial charge in [-0.25, -0.2) is 0 Å². The molecule has 0 amide bonds. The Morgan fingerprint density at radius 2 is 1.30 bits per heavy atom. The maximum atomic E-state index is 9.56. The predicted octanol–water partition coefficient (Wildman–Crippen LogP) is -1.31. The van der Waals surface area contributed by atoms with Gasteiger partial charge >= 0.3 is 40.0 Å². The van der Waals surface area contributed by atoms with Crippen molar-refractivity contribution in [2.24, 2.45) is 0 Å². The third-order valence-corrected chi connectivity index (χ3v) is 0. The zero-order valence-corrected chi connectivity index (χ0v) is 6.57. The topological polar surface area (TPSA) is 97.7 Å². The zero-order valence-electron chi connectivity index (χ0n) is 4.94. The van der Waals surface area contributed by atoms with Crippen molar-refractivity contribution >= 4 is 51.1 Å². The number of hydrogen-bond acceptors (Lipinski definition) is 3. The molecular weight excluding hydrogens is 191 g/mol. The van der Waals surface area contributed by atoms with E-state index >= 15 is 0 Å². The van der Waals surface area contributed by atoms with Gasteiger partial charge in [-0.1, -0.05) is 11.2 Å². The first-order valence-corrected chi connectivity index (χ1v) is 5.04. The number of hydrogen-bond donors (Lipinski definition) is 2. The van der Waals surface area contributed by atoms with E-state index in [1.807, 2.05) is 0 Å². The van der Waals surface area contributed by atoms with Gasteiger partial charge in [0.15, 0.2) is 0 Å². The average molecular weight is 200 g/mol. The molecule has 0 saturated carbocycles. The Bertz CT molecular complexity index is 129. The van der Waals surface area contributed by atoms with Gasteiger partial charge in [-0.05, 0) is 0 Å². The molecule has 0 rings (SSSR count). The molecule has 2 N–H and O–H groups in total. The molecule has 0 unspecified atom stereocenters. The van der Waals surface area contributed by atoms with Crippen LogP contribution < -0.4 is 0 Å². The summed E-state index contributed by atoms with van der Waals surface area (Å²) in [6.45, 7) is 0. The Kier molecular flexibility index (Phi) is 14.3. The fourth-order valence-corrected chi connectivity index (χ4v) is 0. The third-order valence-electron chi connectivity index (χ3n) is 0. The maximum absolute atomic E-state index is 9.56. The summed E-state index contributed by atoms with van der Waals surface area (Å²) >= 11 is -0.611. The first-order chi connectivity index (χ1) is 3.73. The second-order valence-electron chi connectivity index (χ2n) is 1.19. The zero-order chi connectivity index (χ0) is 8.08. The van der Waals surface area contributed by atoms with Crippen molar-refractivity contribution in [1.82, 2.24) is 0 Å². The van der Waals surface area contributed by atoms with Gasteiger partial charge in [0.2, 0.25) is 0 Å². The standard InChI is InChI=1S/C2H6OS.Na.H2O4S.H/c1-4(2)3;;1-5(2,3)4;/h1-2H3;;(H2,1,2,3,4);. The van der Waals surface area contributed by atoms with Crippen molar-refractivity contribution in [3.63, 3.8) is 0 Å². The fourth-order valence-electron chi connectivity index (χ4n) is 0. The second-order valence-corrected chi connectivity index (χ2v) is 3.57. The van der Waals surface area contributed by atoms with E-state index in [1.54, 1.807) is 12.5 Å². The van der Waals surface area contributed by atoms with Crippen molar-refractivity contribution < 1.29 is 22.1 Å². The Labute approximate surface area is 85.2 Å². The molecule has 10 heavy (non-hydrogen) atoms. The molecule has 0 atom stereocenters. The molecule has 8 heteroatoms. The molecule has 0 aromatic carbocycles. The van der Waals surface area contributed by atoms with Gasteiger partial charge in [0.25, 0.3) is 0 Å². The summed E-state index contributed by atoms with van der Waals surface area (Å²) in [6.07, 6.45) is 3.28. The molecule has 60 valence electrons. The van der Waals surface area contributed by atoms with E-state index in [9.17, 15) is 4.55 Å². The third kappa shape index (κ3) is 441. The van der Waals surface area contributed by atoms with Crippen molar-refractivity contribution in [3.8, 4) is 0 Å². The molecule has 0 aromatic heterocycles. The summed E-state index contributed by atoms with van der Waals surface area (Å²) in [6, 6.07) is 0. The minimum absolute atomic E-state index is 0. The predicted molar refractivity (Wildman–Crippen MR) is 41.3 cm³/mol. The van der Waals surface area contributed by atoms with Crippen LogP contribution in [-0.2, 0) is 21.6 Å². The second kappa shape index (κ2) is 8.28. The molecule has 0 aliphatic rings. The van der Waals surface area contributed by atoms with Gasteiger partial charge in [-0.2, -0.15) is 8.42 Å². The molecule has 0 saturated heterocycles. The molecule has 0 aliphatic heterocycles. The van der Waals surface area contributed by atoms with Crippen LogP contribution in [0.4, 0.5) is 0 Å². The van der Waals surface area contributed by atoms with Crippen molar-refractivity contribution in [1.29, 1.82) is 0 Å². The van der Waals surface area contributed by atoms with Crippen LogP contribution >= 0.6 is 0 Å². The molecule has 0 bridgehead atoms. The van der Waals surface area contributed by atoms with E-state index in [0.717, 1.165) is 0 Å². The summed E-state index contributed by atoms with van der Waals surface area (Å²) < 4.78 is 41.1. The Morgan fingerprint density at radius 3 is 1.30 bits per heavy atom. The Morgan fingerprint density at radius 1 is 1.30 bits per heavy atom. The van der Waals surface area contributed by atoms with E-state index in [2.05, 4.69) is 0 Å². The monoisotopic (exact) mass is 200 g/mol. The van der Waals surface area contributed by atoms with Crippen LogP contribution in [0.5, 0.6) is 0 Å². The molecule has 0 aromatic rings. The van der Waals surface area contributed by atoms with Crippen molar-refractivity contribution in [2.45, 2.75) is 0 Å². The van der Waals surface area contributed by atoms with Crippen LogP contribution in [0.1, 0.15) is 0 Å². The van der Waals surface area contributed by atoms with Crippen LogP contribution in [0.25, 0.3) is 0 Å². The van der Waals surface area contributed by atoms with E-state index in [-0.39, 0.29) is 29.6 Å². The molecule has 0 radical (unpaired) electrons. The molecule has 0 heterocycles. The SMILES string of the molecule is C[S+](C)[O-].O=S(=O)(O)O.[NaH]. The Balaban J connectivity index is -0.0000000910. The summed E-state index contributed by atoms with van der Waals surface area (Å²) in [5.74, 6) is 0. The van der Waals surface area contributed by atoms with Crippen LogP contribution in [0.3, 0.4) is 0 Å².